The van der Waals surface area contributed by atoms with Crippen molar-refractivity contribution in [1.82, 2.24) is 0 Å². The zero-order valence-electron chi connectivity index (χ0n) is 8.32. The number of nitrogens with one attached hydrogen (secondary N) is 1. The van der Waals surface area contributed by atoms with Crippen LogP contribution in [0.15, 0.2) is 12.2 Å². The molecule has 0 heterocycles. The number of alkyl halides is 1. The summed E-state index contributed by atoms with van der Waals surface area (Å²) in [6.45, 7) is 7.97. The van der Waals surface area contributed by atoms with Crippen LogP contribution in [-0.4, -0.2) is 11.1 Å². The first-order valence-corrected chi connectivity index (χ1v) is 4.78. The zero-order chi connectivity index (χ0) is 9.78. The van der Waals surface area contributed by atoms with E-state index in [1.807, 2.05) is 32.9 Å². The van der Waals surface area contributed by atoms with Crippen molar-refractivity contribution in [3.8, 4) is 0 Å². The molecule has 0 rings (SSSR count). The molecule has 0 bridgehead atoms. The largest absolute Gasteiger partial charge is 0.305 e. The highest BCUT2D eigenvalue weighted by Crippen LogP contribution is 2.31. The summed E-state index contributed by atoms with van der Waals surface area (Å²) >= 11 is 6.04. The van der Waals surface area contributed by atoms with Crippen LogP contribution in [0, 0.1) is 10.8 Å². The fourth-order valence-electron chi connectivity index (χ4n) is 1.04. The minimum atomic E-state index is -0.186. The van der Waals surface area contributed by atoms with Gasteiger partial charge >= 0.3 is 0 Å². The topological polar surface area (TPSA) is 23.9 Å². The molecule has 1 N–H and O–H groups in total. The highest BCUT2D eigenvalue weighted by molar-refractivity contribution is 6.23. The van der Waals surface area contributed by atoms with Gasteiger partial charge < -0.3 is 5.41 Å². The molecule has 0 amide bonds. The average Bonchev–Trinajstić information content (AvgIpc) is 2.03. The van der Waals surface area contributed by atoms with Crippen molar-refractivity contribution in [2.24, 2.45) is 5.41 Å². The first-order valence-electron chi connectivity index (χ1n) is 4.34. The minimum Gasteiger partial charge on any atom is -0.305 e. The SMILES string of the molecule is C/C=C\C(=N)[C@](C)(CC)[C@@H](C)Cl. The van der Waals surface area contributed by atoms with Crippen molar-refractivity contribution in [3.63, 3.8) is 0 Å². The molecule has 70 valence electrons. The Bertz CT molecular complexity index is 184. The van der Waals surface area contributed by atoms with Crippen LogP contribution in [0.25, 0.3) is 0 Å². The number of hydrogen-bond donors (Lipinski definition) is 1. The van der Waals surface area contributed by atoms with Crippen LogP contribution in [0.1, 0.15) is 34.1 Å². The van der Waals surface area contributed by atoms with Crippen LogP contribution in [0.4, 0.5) is 0 Å². The molecule has 0 saturated carbocycles. The smallest absolute Gasteiger partial charge is 0.0416 e. The average molecular weight is 188 g/mol. The van der Waals surface area contributed by atoms with Crippen molar-refractivity contribution in [2.45, 2.75) is 39.5 Å². The third kappa shape index (κ3) is 2.34. The van der Waals surface area contributed by atoms with Crippen LogP contribution in [0.2, 0.25) is 0 Å². The lowest BCUT2D eigenvalue weighted by Crippen LogP contribution is -2.33. The quantitative estimate of drug-likeness (QED) is 0.514. The van der Waals surface area contributed by atoms with E-state index >= 15 is 0 Å². The van der Waals surface area contributed by atoms with E-state index in [4.69, 9.17) is 17.0 Å². The Morgan fingerprint density at radius 3 is 2.42 bits per heavy atom. The zero-order valence-corrected chi connectivity index (χ0v) is 9.07. The van der Waals surface area contributed by atoms with Gasteiger partial charge in [-0.05, 0) is 26.3 Å². The van der Waals surface area contributed by atoms with Crippen LogP contribution < -0.4 is 0 Å². The summed E-state index contributed by atoms with van der Waals surface area (Å²) in [6.07, 6.45) is 4.61. The van der Waals surface area contributed by atoms with E-state index in [-0.39, 0.29) is 10.8 Å². The molecule has 0 radical (unpaired) electrons. The predicted molar refractivity (Wildman–Crippen MR) is 56.3 cm³/mol. The van der Waals surface area contributed by atoms with Gasteiger partial charge in [0.25, 0.3) is 0 Å². The summed E-state index contributed by atoms with van der Waals surface area (Å²) < 4.78 is 0. The van der Waals surface area contributed by atoms with E-state index in [2.05, 4.69) is 6.92 Å². The molecule has 2 heteroatoms. The van der Waals surface area contributed by atoms with Gasteiger partial charge in [-0.3, -0.25) is 0 Å². The molecule has 0 aliphatic rings. The van der Waals surface area contributed by atoms with Crippen LogP contribution in [-0.2, 0) is 0 Å². The van der Waals surface area contributed by atoms with E-state index in [9.17, 15) is 0 Å². The summed E-state index contributed by atoms with van der Waals surface area (Å²) in [4.78, 5) is 0. The van der Waals surface area contributed by atoms with Crippen molar-refractivity contribution in [2.75, 3.05) is 0 Å². The molecule has 0 aliphatic carbocycles. The second-order valence-electron chi connectivity index (χ2n) is 3.30. The maximum atomic E-state index is 7.80. The summed E-state index contributed by atoms with van der Waals surface area (Å²) in [5.41, 5.74) is 0.434. The summed E-state index contributed by atoms with van der Waals surface area (Å²) in [5, 5.41) is 7.81. The van der Waals surface area contributed by atoms with Gasteiger partial charge in [0.15, 0.2) is 0 Å². The first-order chi connectivity index (χ1) is 5.49. The normalized spacial score (nSPS) is 19.1. The van der Waals surface area contributed by atoms with E-state index in [1.54, 1.807) is 0 Å². The molecule has 0 aromatic rings. The molecule has 0 unspecified atom stereocenters. The van der Waals surface area contributed by atoms with E-state index < -0.39 is 0 Å². The Balaban J connectivity index is 4.63. The molecule has 0 aliphatic heterocycles. The molecular weight excluding hydrogens is 170 g/mol. The van der Waals surface area contributed by atoms with Gasteiger partial charge in [0.2, 0.25) is 0 Å². The molecule has 0 aromatic carbocycles. The molecule has 0 spiro atoms. The maximum Gasteiger partial charge on any atom is 0.0416 e. The molecule has 1 nitrogen and oxygen atoms in total. The highest BCUT2D eigenvalue weighted by Gasteiger charge is 2.31. The predicted octanol–water partition coefficient (Wildman–Crippen LogP) is 3.63. The van der Waals surface area contributed by atoms with Crippen molar-refractivity contribution < 1.29 is 0 Å². The first kappa shape index (κ1) is 11.7. The van der Waals surface area contributed by atoms with E-state index in [0.717, 1.165) is 6.42 Å². The standard InChI is InChI=1S/C10H18ClN/c1-5-7-9(12)10(4,6-2)8(3)11/h5,7-8,12H,6H2,1-4H3/b7-5-,12-9?/t8-,10-/m1/s1. The maximum absolute atomic E-state index is 7.80. The van der Waals surface area contributed by atoms with Crippen molar-refractivity contribution in [1.29, 1.82) is 5.41 Å². The van der Waals surface area contributed by atoms with Gasteiger partial charge in [0.1, 0.15) is 0 Å². The molecule has 0 fully saturated rings. The molecule has 0 aromatic heterocycles. The Morgan fingerprint density at radius 1 is 1.67 bits per heavy atom. The van der Waals surface area contributed by atoms with E-state index in [0.29, 0.717) is 5.71 Å². The highest BCUT2D eigenvalue weighted by atomic mass is 35.5. The number of allylic oxidation sites excluding steroid dienone is 2. The monoisotopic (exact) mass is 187 g/mol. The minimum absolute atomic E-state index is 0.00574. The van der Waals surface area contributed by atoms with E-state index in [1.165, 1.54) is 0 Å². The van der Waals surface area contributed by atoms with Crippen molar-refractivity contribution >= 4 is 17.3 Å². The summed E-state index contributed by atoms with van der Waals surface area (Å²) in [5.74, 6) is 0. The van der Waals surface area contributed by atoms with Crippen LogP contribution in [0.5, 0.6) is 0 Å². The van der Waals surface area contributed by atoms with Gasteiger partial charge in [-0.2, -0.15) is 0 Å². The van der Waals surface area contributed by atoms with Gasteiger partial charge in [0.05, 0.1) is 0 Å². The number of hydrogen-bond acceptors (Lipinski definition) is 1. The Morgan fingerprint density at radius 2 is 2.17 bits per heavy atom. The lowest BCUT2D eigenvalue weighted by atomic mass is 9.79. The van der Waals surface area contributed by atoms with Crippen molar-refractivity contribution in [3.05, 3.63) is 12.2 Å². The summed E-state index contributed by atoms with van der Waals surface area (Å²) in [6, 6.07) is 0. The molecular formula is C10H18ClN. The van der Waals surface area contributed by atoms with Gasteiger partial charge in [-0.15, -0.1) is 11.6 Å². The Labute approximate surface area is 80.3 Å². The fourth-order valence-corrected chi connectivity index (χ4v) is 1.31. The lowest BCUT2D eigenvalue weighted by molar-refractivity contribution is 0.440. The number of halogens is 1. The second-order valence-corrected chi connectivity index (χ2v) is 3.96. The lowest BCUT2D eigenvalue weighted by Gasteiger charge is -2.30. The van der Waals surface area contributed by atoms with Gasteiger partial charge in [-0.1, -0.05) is 19.9 Å². The third-order valence-corrected chi connectivity index (χ3v) is 3.04. The Hall–Kier alpha value is -0.300. The van der Waals surface area contributed by atoms with Crippen LogP contribution >= 0.6 is 11.6 Å². The third-order valence-electron chi connectivity index (χ3n) is 2.56. The summed E-state index contributed by atoms with van der Waals surface area (Å²) in [7, 11) is 0. The fraction of sp³-hybridized carbons (Fsp3) is 0.700. The second kappa shape index (κ2) is 4.66. The number of rotatable bonds is 4. The molecule has 0 saturated heterocycles. The van der Waals surface area contributed by atoms with Gasteiger partial charge in [0, 0.05) is 16.5 Å². The van der Waals surface area contributed by atoms with Crippen LogP contribution in [0.3, 0.4) is 0 Å². The molecule has 2 atom stereocenters. The Kier molecular flexibility index (Phi) is 4.54. The molecule has 12 heavy (non-hydrogen) atoms. The van der Waals surface area contributed by atoms with Gasteiger partial charge in [-0.25, -0.2) is 0 Å².